The lowest BCUT2D eigenvalue weighted by Crippen LogP contribution is -2.12. The van der Waals surface area contributed by atoms with Gasteiger partial charge in [0.2, 0.25) is 10.0 Å². The fourth-order valence-corrected chi connectivity index (χ4v) is 2.56. The molecule has 0 heterocycles. The van der Waals surface area contributed by atoms with Crippen LogP contribution < -0.4 is 10.5 Å². The van der Waals surface area contributed by atoms with E-state index < -0.39 is 15.8 Å². The third kappa shape index (κ3) is 3.93. The summed E-state index contributed by atoms with van der Waals surface area (Å²) in [4.78, 5) is 0.0468. The minimum Gasteiger partial charge on any atom is -0.379 e. The number of benzene rings is 2. The molecule has 3 N–H and O–H groups in total. The molecule has 112 valence electrons. The first kappa shape index (κ1) is 15.8. The molecule has 0 amide bonds. The first-order chi connectivity index (χ1) is 9.77. The SMILES string of the molecule is CC(Nc1ccc(S(N)(=O)=O)cc1)c1ccc(F)c(Cl)c1. The molecule has 0 bridgehead atoms. The number of nitrogens with two attached hydrogens (primary N) is 1. The Bertz CT molecular complexity index is 748. The molecule has 2 aromatic carbocycles. The zero-order valence-electron chi connectivity index (χ0n) is 11.2. The van der Waals surface area contributed by atoms with Gasteiger partial charge < -0.3 is 5.32 Å². The number of primary sulfonamides is 1. The van der Waals surface area contributed by atoms with Gasteiger partial charge in [-0.15, -0.1) is 0 Å². The molecule has 0 saturated carbocycles. The monoisotopic (exact) mass is 328 g/mol. The van der Waals surface area contributed by atoms with Gasteiger partial charge in [0, 0.05) is 11.7 Å². The third-order valence-electron chi connectivity index (χ3n) is 3.01. The molecular weight excluding hydrogens is 315 g/mol. The van der Waals surface area contributed by atoms with E-state index in [1.807, 2.05) is 6.92 Å². The van der Waals surface area contributed by atoms with Crippen molar-refractivity contribution >= 4 is 27.3 Å². The van der Waals surface area contributed by atoms with Gasteiger partial charge in [0.1, 0.15) is 5.82 Å². The van der Waals surface area contributed by atoms with Crippen molar-refractivity contribution in [3.05, 3.63) is 58.9 Å². The van der Waals surface area contributed by atoms with E-state index in [0.29, 0.717) is 0 Å². The topological polar surface area (TPSA) is 72.2 Å². The predicted octanol–water partition coefficient (Wildman–Crippen LogP) is 3.30. The van der Waals surface area contributed by atoms with Gasteiger partial charge in [-0.3, -0.25) is 0 Å². The Morgan fingerprint density at radius 2 is 1.81 bits per heavy atom. The fourth-order valence-electron chi connectivity index (χ4n) is 1.86. The molecule has 4 nitrogen and oxygen atoms in total. The maximum atomic E-state index is 13.1. The molecule has 21 heavy (non-hydrogen) atoms. The summed E-state index contributed by atoms with van der Waals surface area (Å²) < 4.78 is 35.5. The summed E-state index contributed by atoms with van der Waals surface area (Å²) in [5, 5.41) is 8.26. The number of hydrogen-bond acceptors (Lipinski definition) is 3. The molecule has 0 spiro atoms. The predicted molar refractivity (Wildman–Crippen MR) is 81.3 cm³/mol. The van der Waals surface area contributed by atoms with Gasteiger partial charge in [-0.05, 0) is 48.9 Å². The molecular formula is C14H14ClFN2O2S. The smallest absolute Gasteiger partial charge is 0.238 e. The standard InChI is InChI=1S/C14H14ClFN2O2S/c1-9(10-2-7-14(16)13(15)8-10)18-11-3-5-12(6-4-11)21(17,19)20/h2-9,18H,1H3,(H2,17,19,20). The van der Waals surface area contributed by atoms with Crippen LogP contribution in [0.5, 0.6) is 0 Å². The number of rotatable bonds is 4. The average Bonchev–Trinajstić information content (AvgIpc) is 2.41. The van der Waals surface area contributed by atoms with Crippen LogP contribution in [-0.2, 0) is 10.0 Å². The first-order valence-corrected chi connectivity index (χ1v) is 8.04. The zero-order chi connectivity index (χ0) is 15.6. The maximum absolute atomic E-state index is 13.1. The second-order valence-corrected chi connectivity index (χ2v) is 6.58. The van der Waals surface area contributed by atoms with Crippen molar-refractivity contribution in [2.45, 2.75) is 17.9 Å². The van der Waals surface area contributed by atoms with Crippen LogP contribution in [0.15, 0.2) is 47.4 Å². The van der Waals surface area contributed by atoms with E-state index in [2.05, 4.69) is 5.32 Å². The van der Waals surface area contributed by atoms with Gasteiger partial charge in [0.25, 0.3) is 0 Å². The van der Waals surface area contributed by atoms with Crippen LogP contribution in [0.3, 0.4) is 0 Å². The van der Waals surface area contributed by atoms with Gasteiger partial charge in [0.05, 0.1) is 9.92 Å². The third-order valence-corrected chi connectivity index (χ3v) is 4.23. The molecule has 2 aromatic rings. The lowest BCUT2D eigenvalue weighted by atomic mass is 10.1. The van der Waals surface area contributed by atoms with Crippen LogP contribution in [0.25, 0.3) is 0 Å². The van der Waals surface area contributed by atoms with Crippen LogP contribution in [0, 0.1) is 5.82 Å². The average molecular weight is 329 g/mol. The molecule has 0 fully saturated rings. The first-order valence-electron chi connectivity index (χ1n) is 6.12. The largest absolute Gasteiger partial charge is 0.379 e. The molecule has 0 aliphatic carbocycles. The molecule has 0 aromatic heterocycles. The highest BCUT2D eigenvalue weighted by Gasteiger charge is 2.10. The Balaban J connectivity index is 2.15. The van der Waals surface area contributed by atoms with Crippen molar-refractivity contribution in [3.63, 3.8) is 0 Å². The number of hydrogen-bond donors (Lipinski definition) is 2. The molecule has 0 radical (unpaired) electrons. The van der Waals surface area contributed by atoms with Crippen LogP contribution in [0.2, 0.25) is 5.02 Å². The van der Waals surface area contributed by atoms with Gasteiger partial charge in [0.15, 0.2) is 0 Å². The Morgan fingerprint density at radius 1 is 1.19 bits per heavy atom. The minimum absolute atomic E-state index is 0.0468. The van der Waals surface area contributed by atoms with Crippen molar-refractivity contribution in [1.29, 1.82) is 0 Å². The number of nitrogens with one attached hydrogen (secondary N) is 1. The van der Waals surface area contributed by atoms with Crippen molar-refractivity contribution in [2.24, 2.45) is 5.14 Å². The second-order valence-electron chi connectivity index (χ2n) is 4.61. The lowest BCUT2D eigenvalue weighted by molar-refractivity contribution is 0.598. The van der Waals surface area contributed by atoms with Crippen molar-refractivity contribution in [1.82, 2.24) is 0 Å². The summed E-state index contributed by atoms with van der Waals surface area (Å²) in [7, 11) is -3.70. The van der Waals surface area contributed by atoms with Crippen LogP contribution in [0.4, 0.5) is 10.1 Å². The highest BCUT2D eigenvalue weighted by molar-refractivity contribution is 7.89. The molecule has 1 atom stereocenters. The van der Waals surface area contributed by atoms with Gasteiger partial charge in [-0.1, -0.05) is 17.7 Å². The van der Waals surface area contributed by atoms with Crippen LogP contribution in [0.1, 0.15) is 18.5 Å². The van der Waals surface area contributed by atoms with E-state index in [0.717, 1.165) is 11.3 Å². The Labute approximate surface area is 127 Å². The summed E-state index contributed by atoms with van der Waals surface area (Å²) in [5.41, 5.74) is 1.53. The fraction of sp³-hybridized carbons (Fsp3) is 0.143. The summed E-state index contributed by atoms with van der Waals surface area (Å²) >= 11 is 5.75. The van der Waals surface area contributed by atoms with Crippen molar-refractivity contribution in [3.8, 4) is 0 Å². The van der Waals surface area contributed by atoms with E-state index in [9.17, 15) is 12.8 Å². The van der Waals surface area contributed by atoms with E-state index >= 15 is 0 Å². The van der Waals surface area contributed by atoms with Gasteiger partial charge in [-0.2, -0.15) is 0 Å². The zero-order valence-corrected chi connectivity index (χ0v) is 12.7. The Kier molecular flexibility index (Phi) is 4.51. The molecule has 7 heteroatoms. The number of anilines is 1. The maximum Gasteiger partial charge on any atom is 0.238 e. The number of sulfonamides is 1. The van der Waals surface area contributed by atoms with E-state index in [1.54, 1.807) is 24.3 Å². The highest BCUT2D eigenvalue weighted by Crippen LogP contribution is 2.24. The summed E-state index contributed by atoms with van der Waals surface area (Å²) in [5.74, 6) is -0.467. The van der Waals surface area contributed by atoms with Crippen LogP contribution >= 0.6 is 11.6 Å². The van der Waals surface area contributed by atoms with Gasteiger partial charge >= 0.3 is 0 Å². The van der Waals surface area contributed by atoms with Crippen LogP contribution in [-0.4, -0.2) is 8.42 Å². The molecule has 0 saturated heterocycles. The summed E-state index contributed by atoms with van der Waals surface area (Å²) in [6.07, 6.45) is 0. The minimum atomic E-state index is -3.70. The molecule has 0 aliphatic rings. The van der Waals surface area contributed by atoms with E-state index in [1.165, 1.54) is 18.2 Å². The normalized spacial score (nSPS) is 13.0. The van der Waals surface area contributed by atoms with E-state index in [-0.39, 0.29) is 16.0 Å². The summed E-state index contributed by atoms with van der Waals surface area (Å²) in [6.45, 7) is 1.89. The Hall–Kier alpha value is -1.63. The number of halogens is 2. The van der Waals surface area contributed by atoms with E-state index in [4.69, 9.17) is 16.7 Å². The Morgan fingerprint density at radius 3 is 2.33 bits per heavy atom. The second kappa shape index (κ2) is 6.01. The lowest BCUT2D eigenvalue weighted by Gasteiger charge is -2.16. The van der Waals surface area contributed by atoms with Crippen molar-refractivity contribution < 1.29 is 12.8 Å². The highest BCUT2D eigenvalue weighted by atomic mass is 35.5. The van der Waals surface area contributed by atoms with Gasteiger partial charge in [-0.25, -0.2) is 17.9 Å². The summed E-state index contributed by atoms with van der Waals surface area (Å²) in [6, 6.07) is 10.4. The quantitative estimate of drug-likeness (QED) is 0.904. The molecule has 2 rings (SSSR count). The molecule has 0 aliphatic heterocycles. The van der Waals surface area contributed by atoms with Crippen molar-refractivity contribution in [2.75, 3.05) is 5.32 Å². The molecule has 1 unspecified atom stereocenters.